The number of likely N-dealkylation sites (N-methyl/N-ethyl adjacent to an activating group) is 1. The number of hydrogen-bond acceptors (Lipinski definition) is 4. The number of carboxylic acids is 1. The van der Waals surface area contributed by atoms with E-state index in [9.17, 15) is 4.79 Å². The van der Waals surface area contributed by atoms with E-state index < -0.39 is 5.97 Å². The summed E-state index contributed by atoms with van der Waals surface area (Å²) in [6.07, 6.45) is 3.42. The molecule has 0 aromatic carbocycles. The standard InChI is InChI=1S/C13H18N4O2/c1-4-16(8-12(18)19)13-11-7-10(9(2)3)15-17(11)6-5-14-13/h5-7,9H,4,8H2,1-3H3,(H,18,19). The molecule has 6 heteroatoms. The Labute approximate surface area is 111 Å². The van der Waals surface area contributed by atoms with Crippen LogP contribution in [-0.2, 0) is 4.79 Å². The van der Waals surface area contributed by atoms with Gasteiger partial charge in [-0.05, 0) is 18.9 Å². The highest BCUT2D eigenvalue weighted by Crippen LogP contribution is 2.22. The first-order chi connectivity index (χ1) is 9.02. The molecule has 2 aromatic rings. The summed E-state index contributed by atoms with van der Waals surface area (Å²) in [7, 11) is 0. The molecule has 2 heterocycles. The fourth-order valence-corrected chi connectivity index (χ4v) is 1.95. The number of nitrogens with zero attached hydrogens (tertiary/aromatic N) is 4. The first-order valence-electron chi connectivity index (χ1n) is 6.34. The molecule has 0 aliphatic rings. The lowest BCUT2D eigenvalue weighted by Gasteiger charge is -2.19. The molecule has 0 radical (unpaired) electrons. The van der Waals surface area contributed by atoms with E-state index in [0.29, 0.717) is 18.3 Å². The summed E-state index contributed by atoms with van der Waals surface area (Å²) in [6, 6.07) is 1.97. The Morgan fingerprint density at radius 3 is 2.84 bits per heavy atom. The van der Waals surface area contributed by atoms with Crippen LogP contribution in [-0.4, -0.2) is 38.8 Å². The fourth-order valence-electron chi connectivity index (χ4n) is 1.95. The van der Waals surface area contributed by atoms with Gasteiger partial charge in [0.15, 0.2) is 5.82 Å². The van der Waals surface area contributed by atoms with Crippen LogP contribution in [0.3, 0.4) is 0 Å². The van der Waals surface area contributed by atoms with Gasteiger partial charge in [0.25, 0.3) is 0 Å². The predicted molar refractivity (Wildman–Crippen MR) is 72.6 cm³/mol. The third-order valence-electron chi connectivity index (χ3n) is 2.99. The van der Waals surface area contributed by atoms with E-state index >= 15 is 0 Å². The molecule has 0 unspecified atom stereocenters. The van der Waals surface area contributed by atoms with E-state index in [1.54, 1.807) is 21.8 Å². The number of carbonyl (C=O) groups is 1. The molecule has 0 fully saturated rings. The van der Waals surface area contributed by atoms with Crippen molar-refractivity contribution in [3.8, 4) is 0 Å². The Morgan fingerprint density at radius 2 is 2.26 bits per heavy atom. The highest BCUT2D eigenvalue weighted by Gasteiger charge is 2.16. The van der Waals surface area contributed by atoms with E-state index in [1.807, 2.05) is 13.0 Å². The van der Waals surface area contributed by atoms with Crippen LogP contribution in [0.1, 0.15) is 32.4 Å². The van der Waals surface area contributed by atoms with Crippen molar-refractivity contribution in [1.29, 1.82) is 0 Å². The number of aliphatic carboxylic acids is 1. The minimum absolute atomic E-state index is 0.0641. The van der Waals surface area contributed by atoms with Gasteiger partial charge in [-0.15, -0.1) is 0 Å². The molecular weight excluding hydrogens is 244 g/mol. The number of aromatic nitrogens is 3. The Balaban J connectivity index is 2.49. The second-order valence-electron chi connectivity index (χ2n) is 4.71. The largest absolute Gasteiger partial charge is 0.480 e. The average Bonchev–Trinajstić information content (AvgIpc) is 2.79. The van der Waals surface area contributed by atoms with Crippen molar-refractivity contribution in [3.63, 3.8) is 0 Å². The summed E-state index contributed by atoms with van der Waals surface area (Å²) in [5.41, 5.74) is 1.81. The van der Waals surface area contributed by atoms with Crippen molar-refractivity contribution in [3.05, 3.63) is 24.2 Å². The Kier molecular flexibility index (Phi) is 3.69. The molecule has 2 rings (SSSR count). The molecule has 1 N–H and O–H groups in total. The van der Waals surface area contributed by atoms with Crippen LogP contribution in [0.2, 0.25) is 0 Å². The van der Waals surface area contributed by atoms with E-state index in [2.05, 4.69) is 23.9 Å². The highest BCUT2D eigenvalue weighted by molar-refractivity contribution is 5.77. The molecule has 19 heavy (non-hydrogen) atoms. The Bertz CT molecular complexity index is 591. The van der Waals surface area contributed by atoms with Gasteiger partial charge in [0.1, 0.15) is 12.1 Å². The molecule has 0 saturated carbocycles. The van der Waals surface area contributed by atoms with Crippen molar-refractivity contribution >= 4 is 17.3 Å². The first-order valence-corrected chi connectivity index (χ1v) is 6.34. The average molecular weight is 262 g/mol. The molecule has 6 nitrogen and oxygen atoms in total. The fraction of sp³-hybridized carbons (Fsp3) is 0.462. The van der Waals surface area contributed by atoms with Crippen LogP contribution < -0.4 is 4.90 Å². The van der Waals surface area contributed by atoms with E-state index in [4.69, 9.17) is 5.11 Å². The lowest BCUT2D eigenvalue weighted by molar-refractivity contribution is -0.135. The number of hydrogen-bond donors (Lipinski definition) is 1. The normalized spacial score (nSPS) is 11.2. The highest BCUT2D eigenvalue weighted by atomic mass is 16.4. The quantitative estimate of drug-likeness (QED) is 0.889. The van der Waals surface area contributed by atoms with Gasteiger partial charge >= 0.3 is 5.97 Å². The van der Waals surface area contributed by atoms with Crippen LogP contribution in [0.4, 0.5) is 5.82 Å². The van der Waals surface area contributed by atoms with Crippen LogP contribution in [0.15, 0.2) is 18.5 Å². The number of carboxylic acid groups (broad SMARTS) is 1. The topological polar surface area (TPSA) is 70.7 Å². The van der Waals surface area contributed by atoms with Gasteiger partial charge in [-0.1, -0.05) is 13.8 Å². The first kappa shape index (κ1) is 13.3. The summed E-state index contributed by atoms with van der Waals surface area (Å²) in [5.74, 6) is 0.114. The molecule has 102 valence electrons. The van der Waals surface area contributed by atoms with Crippen LogP contribution in [0, 0.1) is 0 Å². The van der Waals surface area contributed by atoms with Crippen LogP contribution in [0.5, 0.6) is 0 Å². The molecule has 0 spiro atoms. The second-order valence-corrected chi connectivity index (χ2v) is 4.71. The lowest BCUT2D eigenvalue weighted by Crippen LogP contribution is -2.30. The van der Waals surface area contributed by atoms with Crippen LogP contribution in [0.25, 0.3) is 5.52 Å². The summed E-state index contributed by atoms with van der Waals surface area (Å²) in [5, 5.41) is 13.4. The predicted octanol–water partition coefficient (Wildman–Crippen LogP) is 1.76. The van der Waals surface area contributed by atoms with Crippen molar-refractivity contribution in [2.75, 3.05) is 18.0 Å². The summed E-state index contributed by atoms with van der Waals surface area (Å²) in [6.45, 7) is 6.58. The van der Waals surface area contributed by atoms with Gasteiger partial charge < -0.3 is 10.0 Å². The maximum absolute atomic E-state index is 10.9. The minimum Gasteiger partial charge on any atom is -0.480 e. The molecule has 0 saturated heterocycles. The molecule has 0 bridgehead atoms. The van der Waals surface area contributed by atoms with Gasteiger partial charge in [0.05, 0.1) is 5.69 Å². The zero-order chi connectivity index (χ0) is 14.0. The second kappa shape index (κ2) is 5.26. The third-order valence-corrected chi connectivity index (χ3v) is 2.99. The van der Waals surface area contributed by atoms with Crippen molar-refractivity contribution in [1.82, 2.24) is 14.6 Å². The number of fused-ring (bicyclic) bond motifs is 1. The van der Waals surface area contributed by atoms with Crippen molar-refractivity contribution in [2.45, 2.75) is 26.7 Å². The van der Waals surface area contributed by atoms with Crippen molar-refractivity contribution in [2.24, 2.45) is 0 Å². The minimum atomic E-state index is -0.866. The van der Waals surface area contributed by atoms with Gasteiger partial charge in [-0.3, -0.25) is 4.79 Å². The number of rotatable bonds is 5. The Hall–Kier alpha value is -2.11. The third kappa shape index (κ3) is 2.67. The summed E-state index contributed by atoms with van der Waals surface area (Å²) < 4.78 is 1.75. The van der Waals surface area contributed by atoms with E-state index in [0.717, 1.165) is 11.2 Å². The maximum Gasteiger partial charge on any atom is 0.323 e. The molecule has 0 aliphatic heterocycles. The lowest BCUT2D eigenvalue weighted by atomic mass is 10.1. The van der Waals surface area contributed by atoms with E-state index in [-0.39, 0.29) is 6.54 Å². The Morgan fingerprint density at radius 1 is 1.53 bits per heavy atom. The van der Waals surface area contributed by atoms with E-state index in [1.165, 1.54) is 0 Å². The molecule has 2 aromatic heterocycles. The molecule has 0 aliphatic carbocycles. The summed E-state index contributed by atoms with van der Waals surface area (Å²) >= 11 is 0. The SMILES string of the molecule is CCN(CC(=O)O)c1nccn2nc(C(C)C)cc12. The van der Waals surface area contributed by atoms with Gasteiger partial charge in [-0.25, -0.2) is 9.50 Å². The molecule has 0 atom stereocenters. The number of anilines is 1. The van der Waals surface area contributed by atoms with Gasteiger partial charge in [-0.2, -0.15) is 5.10 Å². The maximum atomic E-state index is 10.9. The smallest absolute Gasteiger partial charge is 0.323 e. The van der Waals surface area contributed by atoms with Gasteiger partial charge in [0, 0.05) is 18.9 Å². The van der Waals surface area contributed by atoms with Gasteiger partial charge in [0.2, 0.25) is 0 Å². The van der Waals surface area contributed by atoms with Crippen molar-refractivity contribution < 1.29 is 9.90 Å². The van der Waals surface area contributed by atoms with Crippen LogP contribution >= 0.6 is 0 Å². The molecule has 0 amide bonds. The zero-order valence-corrected chi connectivity index (χ0v) is 11.4. The molecular formula is C13H18N4O2. The zero-order valence-electron chi connectivity index (χ0n) is 11.4. The monoisotopic (exact) mass is 262 g/mol. The summed E-state index contributed by atoms with van der Waals surface area (Å²) in [4.78, 5) is 16.9.